The Morgan fingerprint density at radius 2 is 1.77 bits per heavy atom. The van der Waals surface area contributed by atoms with Gasteiger partial charge < -0.3 is 14.8 Å². The van der Waals surface area contributed by atoms with Crippen LogP contribution in [0.3, 0.4) is 0 Å². The van der Waals surface area contributed by atoms with Crippen molar-refractivity contribution in [1.82, 2.24) is 14.8 Å². The van der Waals surface area contributed by atoms with Crippen molar-refractivity contribution in [3.05, 3.63) is 131 Å². The zero-order chi connectivity index (χ0) is 27.5. The van der Waals surface area contributed by atoms with Crippen LogP contribution in [0.15, 0.2) is 109 Å². The molecule has 4 nitrogen and oxygen atoms in total. The number of benzene rings is 3. The Hall–Kier alpha value is -3.89. The lowest BCUT2D eigenvalue weighted by Gasteiger charge is -2.35. The van der Waals surface area contributed by atoms with Gasteiger partial charge in [0.05, 0.1) is 0 Å². The molecule has 0 bridgehead atoms. The summed E-state index contributed by atoms with van der Waals surface area (Å²) in [6.07, 6.45) is 10.7. The van der Waals surface area contributed by atoms with Crippen LogP contribution in [0.4, 0.5) is 0 Å². The highest BCUT2D eigenvalue weighted by Gasteiger charge is 2.37. The number of aryl methyl sites for hydroxylation is 1. The number of Topliss-reactive ketones (excluding diaryl/α,β-unsaturated/α-hetero) is 1. The van der Waals surface area contributed by atoms with Gasteiger partial charge in [-0.3, -0.25) is 4.79 Å². The van der Waals surface area contributed by atoms with Crippen LogP contribution >= 0.6 is 0 Å². The van der Waals surface area contributed by atoms with Gasteiger partial charge in [-0.15, -0.1) is 0 Å². The molecule has 1 saturated heterocycles. The van der Waals surface area contributed by atoms with Gasteiger partial charge >= 0.3 is 0 Å². The number of hydrogen-bond donors (Lipinski definition) is 1. The van der Waals surface area contributed by atoms with E-state index in [4.69, 9.17) is 0 Å². The monoisotopic (exact) mass is 529 g/mol. The number of piperidine rings is 1. The molecule has 0 unspecified atom stereocenters. The van der Waals surface area contributed by atoms with Crippen molar-refractivity contribution in [3.8, 4) is 0 Å². The number of carbonyl (C=O) groups is 1. The Kier molecular flexibility index (Phi) is 7.70. The molecule has 1 N–H and O–H groups in total. The van der Waals surface area contributed by atoms with Crippen molar-refractivity contribution in [2.24, 2.45) is 11.8 Å². The summed E-state index contributed by atoms with van der Waals surface area (Å²) < 4.78 is 2.36. The average molecular weight is 530 g/mol. The molecule has 3 heterocycles. The minimum atomic E-state index is -0.195. The fourth-order valence-corrected chi connectivity index (χ4v) is 6.67. The molecule has 2 aliphatic heterocycles. The Bertz CT molecular complexity index is 1530. The van der Waals surface area contributed by atoms with Crippen molar-refractivity contribution >= 4 is 16.7 Å². The number of nitrogens with zero attached hydrogens (tertiary/aromatic N) is 2. The highest BCUT2D eigenvalue weighted by Crippen LogP contribution is 2.37. The van der Waals surface area contributed by atoms with E-state index in [-0.39, 0.29) is 17.8 Å². The van der Waals surface area contributed by atoms with E-state index in [2.05, 4.69) is 126 Å². The maximum atomic E-state index is 14.6. The molecule has 0 aliphatic carbocycles. The summed E-state index contributed by atoms with van der Waals surface area (Å²) in [5.41, 5.74) is 7.46. The Labute approximate surface area is 238 Å². The Balaban J connectivity index is 1.37. The lowest BCUT2D eigenvalue weighted by Crippen LogP contribution is -2.43. The van der Waals surface area contributed by atoms with E-state index in [0.29, 0.717) is 12.2 Å². The predicted molar refractivity (Wildman–Crippen MR) is 164 cm³/mol. The summed E-state index contributed by atoms with van der Waals surface area (Å²) in [4.78, 5) is 16.8. The highest BCUT2D eigenvalue weighted by atomic mass is 16.1. The average Bonchev–Trinajstić information content (AvgIpc) is 3.35. The number of likely N-dealkylation sites (N-methyl/N-ethyl adjacent to an activating group) is 1. The number of fused-ring (bicyclic) bond motifs is 1. The van der Waals surface area contributed by atoms with Gasteiger partial charge in [-0.1, -0.05) is 78.9 Å². The number of rotatable bonds is 8. The molecule has 3 atom stereocenters. The zero-order valence-corrected chi connectivity index (χ0v) is 23.6. The minimum Gasteiger partial charge on any atom is -0.377 e. The largest absolute Gasteiger partial charge is 0.377 e. The molecule has 40 heavy (non-hydrogen) atoms. The second-order valence-electron chi connectivity index (χ2n) is 11.5. The standard InChI is InChI=1S/C36H39N3O/c1-26-10-9-15-34-35(26)30(25-39(34)24-27-11-5-3-6-12-27)22-32(28-13-7-4-8-14-28)36(40)33-23-37-19-16-31(33)29-17-20-38(2)21-18-29/h3-15,17-18,20,25,31-33,37H,16,19,21-24H2,1-2H3/t31-,32+,33+/m1/s1. The summed E-state index contributed by atoms with van der Waals surface area (Å²) in [6, 6.07) is 27.6. The van der Waals surface area contributed by atoms with Crippen LogP contribution in [-0.4, -0.2) is 41.9 Å². The van der Waals surface area contributed by atoms with E-state index in [1.165, 1.54) is 33.2 Å². The smallest absolute Gasteiger partial charge is 0.145 e. The molecule has 1 aromatic heterocycles. The van der Waals surface area contributed by atoms with Crippen LogP contribution in [0.1, 0.15) is 34.6 Å². The number of nitrogens with one attached hydrogen (secondary N) is 1. The molecular formula is C36H39N3O. The molecule has 0 amide bonds. The zero-order valence-electron chi connectivity index (χ0n) is 23.6. The Morgan fingerprint density at radius 3 is 2.52 bits per heavy atom. The first-order chi connectivity index (χ1) is 19.6. The van der Waals surface area contributed by atoms with E-state index in [1.54, 1.807) is 0 Å². The summed E-state index contributed by atoms with van der Waals surface area (Å²) >= 11 is 0. The van der Waals surface area contributed by atoms with Gasteiger partial charge in [-0.2, -0.15) is 0 Å². The molecule has 204 valence electrons. The van der Waals surface area contributed by atoms with Crippen molar-refractivity contribution in [1.29, 1.82) is 0 Å². The number of carbonyl (C=O) groups excluding carboxylic acids is 1. The molecule has 4 aromatic rings. The Morgan fingerprint density at radius 1 is 1.00 bits per heavy atom. The first kappa shape index (κ1) is 26.3. The molecule has 6 rings (SSSR count). The van der Waals surface area contributed by atoms with Crippen LogP contribution in [0.2, 0.25) is 0 Å². The molecule has 1 fully saturated rings. The second-order valence-corrected chi connectivity index (χ2v) is 11.5. The number of ketones is 1. The van der Waals surface area contributed by atoms with Crippen LogP contribution in [0.25, 0.3) is 10.9 Å². The van der Waals surface area contributed by atoms with Crippen LogP contribution < -0.4 is 5.32 Å². The lowest BCUT2D eigenvalue weighted by molar-refractivity contribution is -0.126. The van der Waals surface area contributed by atoms with E-state index >= 15 is 0 Å². The van der Waals surface area contributed by atoms with Crippen LogP contribution in [-0.2, 0) is 17.8 Å². The molecule has 0 radical (unpaired) electrons. The minimum absolute atomic E-state index is 0.0444. The molecule has 4 heteroatoms. The van der Waals surface area contributed by atoms with Gasteiger partial charge in [0, 0.05) is 55.6 Å². The molecule has 2 aliphatic rings. The summed E-state index contributed by atoms with van der Waals surface area (Å²) in [7, 11) is 2.09. The van der Waals surface area contributed by atoms with Crippen molar-refractivity contribution < 1.29 is 4.79 Å². The molecular weight excluding hydrogens is 490 g/mol. The topological polar surface area (TPSA) is 37.3 Å². The van der Waals surface area contributed by atoms with Crippen molar-refractivity contribution in [3.63, 3.8) is 0 Å². The quantitative estimate of drug-likeness (QED) is 0.283. The van der Waals surface area contributed by atoms with Gasteiger partial charge in [-0.05, 0) is 78.4 Å². The predicted octanol–water partition coefficient (Wildman–Crippen LogP) is 6.50. The van der Waals surface area contributed by atoms with Gasteiger partial charge in [0.1, 0.15) is 5.78 Å². The molecule has 3 aromatic carbocycles. The SMILES string of the molecule is Cc1cccc2c1c(C[C@H](C(=O)[C@H]1CNCC[C@@H]1C1=CCN(C)C=C1)c1ccccc1)cn2Cc1ccccc1. The lowest BCUT2D eigenvalue weighted by atomic mass is 9.72. The van der Waals surface area contributed by atoms with E-state index in [9.17, 15) is 4.79 Å². The van der Waals surface area contributed by atoms with Crippen LogP contribution in [0.5, 0.6) is 0 Å². The molecule has 0 spiro atoms. The number of aromatic nitrogens is 1. The summed E-state index contributed by atoms with van der Waals surface area (Å²) in [6.45, 7) is 5.60. The second kappa shape index (κ2) is 11.7. The van der Waals surface area contributed by atoms with Crippen LogP contribution in [0, 0.1) is 18.8 Å². The molecule has 0 saturated carbocycles. The van der Waals surface area contributed by atoms with Gasteiger partial charge in [0.15, 0.2) is 0 Å². The van der Waals surface area contributed by atoms with Gasteiger partial charge in [0.2, 0.25) is 0 Å². The van der Waals surface area contributed by atoms with Gasteiger partial charge in [0.25, 0.3) is 0 Å². The third-order valence-electron chi connectivity index (χ3n) is 8.77. The third kappa shape index (κ3) is 5.41. The fourth-order valence-electron chi connectivity index (χ4n) is 6.67. The number of allylic oxidation sites excluding steroid dienone is 2. The maximum absolute atomic E-state index is 14.6. The highest BCUT2D eigenvalue weighted by molar-refractivity contribution is 5.92. The van der Waals surface area contributed by atoms with E-state index < -0.39 is 0 Å². The normalized spacial score (nSPS) is 19.9. The first-order valence-corrected chi connectivity index (χ1v) is 14.6. The van der Waals surface area contributed by atoms with Gasteiger partial charge in [-0.25, -0.2) is 0 Å². The first-order valence-electron chi connectivity index (χ1n) is 14.6. The number of hydrogen-bond acceptors (Lipinski definition) is 3. The van der Waals surface area contributed by atoms with E-state index in [1.807, 2.05) is 6.07 Å². The summed E-state index contributed by atoms with van der Waals surface area (Å²) in [5, 5.41) is 4.83. The van der Waals surface area contributed by atoms with E-state index in [0.717, 1.165) is 38.2 Å². The van der Waals surface area contributed by atoms with Crippen molar-refractivity contribution in [2.45, 2.75) is 32.2 Å². The fraction of sp³-hybridized carbons (Fsp3) is 0.306. The maximum Gasteiger partial charge on any atom is 0.145 e. The third-order valence-corrected chi connectivity index (χ3v) is 8.77. The van der Waals surface area contributed by atoms with Crippen molar-refractivity contribution in [2.75, 3.05) is 26.7 Å². The summed E-state index contributed by atoms with van der Waals surface area (Å²) in [5.74, 6) is 0.372.